The number of fused-ring (bicyclic) bond motifs is 1. The molecule has 0 aliphatic rings. The summed E-state index contributed by atoms with van der Waals surface area (Å²) in [5, 5.41) is 15.7. The zero-order valence-electron chi connectivity index (χ0n) is 16.1. The van der Waals surface area contributed by atoms with Gasteiger partial charge < -0.3 is 5.32 Å². The molecule has 3 aromatic heterocycles. The fourth-order valence-electron chi connectivity index (χ4n) is 3.20. The molecule has 0 radical (unpaired) electrons. The predicted molar refractivity (Wildman–Crippen MR) is 114 cm³/mol. The van der Waals surface area contributed by atoms with Gasteiger partial charge in [0.25, 0.3) is 5.91 Å². The molecule has 3 heterocycles. The number of benzene rings is 2. The molecule has 0 aliphatic carbocycles. The van der Waals surface area contributed by atoms with Crippen molar-refractivity contribution in [3.05, 3.63) is 96.4 Å². The third-order valence-electron chi connectivity index (χ3n) is 4.69. The van der Waals surface area contributed by atoms with Crippen LogP contribution >= 0.6 is 0 Å². The Labute approximate surface area is 176 Å². The summed E-state index contributed by atoms with van der Waals surface area (Å²) in [5.74, 6) is -0.561. The van der Waals surface area contributed by atoms with Crippen LogP contribution in [-0.4, -0.2) is 30.7 Å². The van der Waals surface area contributed by atoms with Crippen LogP contribution in [0.3, 0.4) is 0 Å². The highest BCUT2D eigenvalue weighted by Gasteiger charge is 2.13. The molecule has 0 unspecified atom stereocenters. The van der Waals surface area contributed by atoms with Crippen LogP contribution in [0.5, 0.6) is 0 Å². The van der Waals surface area contributed by atoms with Gasteiger partial charge in [0.1, 0.15) is 11.5 Å². The summed E-state index contributed by atoms with van der Waals surface area (Å²) in [6.07, 6.45) is 1.68. The molecule has 31 heavy (non-hydrogen) atoms. The van der Waals surface area contributed by atoms with Crippen molar-refractivity contribution in [3.63, 3.8) is 0 Å². The smallest absolute Gasteiger partial charge is 0.258 e. The molecule has 0 spiro atoms. The first-order valence-corrected chi connectivity index (χ1v) is 9.49. The van der Waals surface area contributed by atoms with E-state index in [-0.39, 0.29) is 5.56 Å². The number of carbonyl (C=O) groups excluding carboxylic acids is 1. The first kappa shape index (κ1) is 18.6. The topological polar surface area (TPSA) is 85.1 Å². The largest absolute Gasteiger partial charge is 0.322 e. The Kier molecular flexibility index (Phi) is 4.64. The first-order valence-electron chi connectivity index (χ1n) is 9.49. The summed E-state index contributed by atoms with van der Waals surface area (Å²) in [4.78, 5) is 16.7. The van der Waals surface area contributed by atoms with Crippen molar-refractivity contribution < 1.29 is 9.18 Å². The SMILES string of the molecule is O=C(Nc1cccc(-c2ccc3nnc(-c4ccccn4)n3n2)c1)c1ccccc1F. The fraction of sp³-hybridized carbons (Fsp3) is 0. The van der Waals surface area contributed by atoms with Gasteiger partial charge in [0.15, 0.2) is 5.65 Å². The molecule has 150 valence electrons. The number of hydrogen-bond acceptors (Lipinski definition) is 5. The van der Waals surface area contributed by atoms with Gasteiger partial charge in [0, 0.05) is 17.4 Å². The van der Waals surface area contributed by atoms with Crippen molar-refractivity contribution in [2.45, 2.75) is 0 Å². The molecule has 0 fully saturated rings. The number of carbonyl (C=O) groups is 1. The lowest BCUT2D eigenvalue weighted by Crippen LogP contribution is -2.13. The van der Waals surface area contributed by atoms with Gasteiger partial charge in [0.05, 0.1) is 11.3 Å². The van der Waals surface area contributed by atoms with Crippen LogP contribution in [0.15, 0.2) is 85.1 Å². The molecular weight excluding hydrogens is 395 g/mol. The Morgan fingerprint density at radius 2 is 1.74 bits per heavy atom. The highest BCUT2D eigenvalue weighted by molar-refractivity contribution is 6.04. The molecule has 1 N–H and O–H groups in total. The molecule has 8 heteroatoms. The van der Waals surface area contributed by atoms with Crippen molar-refractivity contribution in [2.24, 2.45) is 0 Å². The van der Waals surface area contributed by atoms with Gasteiger partial charge >= 0.3 is 0 Å². The standard InChI is InChI=1S/C23H15FN6O/c24-18-9-2-1-8-17(18)23(31)26-16-7-5-6-15(14-16)19-11-12-21-27-28-22(30(21)29-19)20-10-3-4-13-25-20/h1-14H,(H,26,31). The summed E-state index contributed by atoms with van der Waals surface area (Å²) in [7, 11) is 0. The minimum absolute atomic E-state index is 0.0167. The van der Waals surface area contributed by atoms with Crippen LogP contribution in [-0.2, 0) is 0 Å². The molecule has 1 amide bonds. The molecule has 5 aromatic rings. The summed E-state index contributed by atoms with van der Waals surface area (Å²) >= 11 is 0. The van der Waals surface area contributed by atoms with Crippen LogP contribution in [0.2, 0.25) is 0 Å². The molecule has 0 bridgehead atoms. The van der Waals surface area contributed by atoms with E-state index in [1.54, 1.807) is 41.0 Å². The van der Waals surface area contributed by atoms with Crippen molar-refractivity contribution >= 4 is 17.2 Å². The number of nitrogens with one attached hydrogen (secondary N) is 1. The number of pyridine rings is 1. The fourth-order valence-corrected chi connectivity index (χ4v) is 3.20. The van der Waals surface area contributed by atoms with E-state index in [2.05, 4.69) is 25.6 Å². The van der Waals surface area contributed by atoms with E-state index in [1.165, 1.54) is 12.1 Å². The molecule has 0 saturated carbocycles. The van der Waals surface area contributed by atoms with Gasteiger partial charge in [-0.15, -0.1) is 10.2 Å². The van der Waals surface area contributed by atoms with Crippen molar-refractivity contribution in [3.8, 4) is 22.8 Å². The maximum absolute atomic E-state index is 13.9. The zero-order valence-corrected chi connectivity index (χ0v) is 16.1. The molecule has 2 aromatic carbocycles. The number of amides is 1. The lowest BCUT2D eigenvalue weighted by atomic mass is 10.1. The van der Waals surface area contributed by atoms with E-state index >= 15 is 0 Å². The van der Waals surface area contributed by atoms with E-state index in [9.17, 15) is 9.18 Å². The van der Waals surface area contributed by atoms with Crippen LogP contribution < -0.4 is 5.32 Å². The minimum Gasteiger partial charge on any atom is -0.322 e. The highest BCUT2D eigenvalue weighted by atomic mass is 19.1. The molecule has 0 aliphatic heterocycles. The van der Waals surface area contributed by atoms with Crippen LogP contribution in [0.25, 0.3) is 28.4 Å². The summed E-state index contributed by atoms with van der Waals surface area (Å²) in [5.41, 5.74) is 3.19. The van der Waals surface area contributed by atoms with Crippen molar-refractivity contribution in [1.29, 1.82) is 0 Å². The van der Waals surface area contributed by atoms with Crippen LogP contribution in [0, 0.1) is 5.82 Å². The van der Waals surface area contributed by atoms with Gasteiger partial charge in [0.2, 0.25) is 5.82 Å². The lowest BCUT2D eigenvalue weighted by molar-refractivity contribution is 0.102. The second kappa shape index (κ2) is 7.75. The average Bonchev–Trinajstić information content (AvgIpc) is 3.23. The number of rotatable bonds is 4. The van der Waals surface area contributed by atoms with E-state index in [0.29, 0.717) is 28.5 Å². The van der Waals surface area contributed by atoms with Crippen molar-refractivity contribution in [2.75, 3.05) is 5.32 Å². The first-order chi connectivity index (χ1) is 15.2. The Morgan fingerprint density at radius 3 is 2.58 bits per heavy atom. The van der Waals surface area contributed by atoms with E-state index in [4.69, 9.17) is 0 Å². The monoisotopic (exact) mass is 410 g/mol. The Bertz CT molecular complexity index is 1400. The molecule has 0 saturated heterocycles. The average molecular weight is 410 g/mol. The van der Waals surface area contributed by atoms with E-state index < -0.39 is 11.7 Å². The van der Waals surface area contributed by atoms with Gasteiger partial charge in [-0.1, -0.05) is 30.3 Å². The quantitative estimate of drug-likeness (QED) is 0.479. The van der Waals surface area contributed by atoms with Gasteiger partial charge in [-0.3, -0.25) is 9.78 Å². The van der Waals surface area contributed by atoms with E-state index in [0.717, 1.165) is 5.56 Å². The molecule has 7 nitrogen and oxygen atoms in total. The maximum Gasteiger partial charge on any atom is 0.258 e. The molecular formula is C23H15FN6O. The summed E-state index contributed by atoms with van der Waals surface area (Å²) < 4.78 is 15.5. The van der Waals surface area contributed by atoms with Crippen molar-refractivity contribution in [1.82, 2.24) is 24.8 Å². The Hall–Kier alpha value is -4.46. The van der Waals surface area contributed by atoms with Crippen LogP contribution in [0.1, 0.15) is 10.4 Å². The Morgan fingerprint density at radius 1 is 0.871 bits per heavy atom. The van der Waals surface area contributed by atoms with Gasteiger partial charge in [-0.05, 0) is 48.5 Å². The molecule has 5 rings (SSSR count). The third kappa shape index (κ3) is 3.62. The highest BCUT2D eigenvalue weighted by Crippen LogP contribution is 2.23. The third-order valence-corrected chi connectivity index (χ3v) is 4.69. The number of hydrogen-bond donors (Lipinski definition) is 1. The number of nitrogens with zero attached hydrogens (tertiary/aromatic N) is 5. The second-order valence-corrected chi connectivity index (χ2v) is 6.74. The minimum atomic E-state index is -0.571. The summed E-state index contributed by atoms with van der Waals surface area (Å²) in [6, 6.07) is 22.2. The zero-order chi connectivity index (χ0) is 21.2. The Balaban J connectivity index is 1.48. The number of halogens is 1. The van der Waals surface area contributed by atoms with Gasteiger partial charge in [-0.25, -0.2) is 4.39 Å². The lowest BCUT2D eigenvalue weighted by Gasteiger charge is -2.08. The van der Waals surface area contributed by atoms with E-state index in [1.807, 2.05) is 36.4 Å². The van der Waals surface area contributed by atoms with Gasteiger partial charge in [-0.2, -0.15) is 9.61 Å². The maximum atomic E-state index is 13.9. The van der Waals surface area contributed by atoms with Crippen LogP contribution in [0.4, 0.5) is 10.1 Å². The normalized spacial score (nSPS) is 10.9. The summed E-state index contributed by atoms with van der Waals surface area (Å²) in [6.45, 7) is 0. The number of aromatic nitrogens is 5. The second-order valence-electron chi connectivity index (χ2n) is 6.74. The predicted octanol–water partition coefficient (Wildman–Crippen LogP) is 4.24. The molecule has 0 atom stereocenters. The number of anilines is 1.